The van der Waals surface area contributed by atoms with Gasteiger partial charge >= 0.3 is 6.03 Å². The number of benzene rings is 1. The number of rotatable bonds is 4. The first-order valence-corrected chi connectivity index (χ1v) is 7.77. The number of aromatic nitrogens is 3. The summed E-state index contributed by atoms with van der Waals surface area (Å²) in [5, 5.41) is 6.27. The quantitative estimate of drug-likeness (QED) is 0.532. The van der Waals surface area contributed by atoms with E-state index >= 15 is 0 Å². The molecular weight excluding hydrogens is 318 g/mol. The molecule has 7 nitrogen and oxygen atoms in total. The molecule has 0 aliphatic rings. The van der Waals surface area contributed by atoms with Crippen LogP contribution in [-0.2, 0) is 6.54 Å². The maximum Gasteiger partial charge on any atom is 0.321 e. The van der Waals surface area contributed by atoms with Crippen molar-refractivity contribution in [2.45, 2.75) is 6.54 Å². The Balaban J connectivity index is 1.54. The van der Waals surface area contributed by atoms with Gasteiger partial charge in [0.2, 0.25) is 5.95 Å². The average molecular weight is 333 g/mol. The lowest BCUT2D eigenvalue weighted by Gasteiger charge is -2.08. The lowest BCUT2D eigenvalue weighted by atomic mass is 10.2. The lowest BCUT2D eigenvalue weighted by Crippen LogP contribution is -2.29. The van der Waals surface area contributed by atoms with Crippen LogP contribution in [0.25, 0.3) is 22.5 Å². The Morgan fingerprint density at radius 2 is 1.96 bits per heavy atom. The molecule has 3 N–H and O–H groups in total. The van der Waals surface area contributed by atoms with Gasteiger partial charge in [0, 0.05) is 18.1 Å². The van der Waals surface area contributed by atoms with Gasteiger partial charge in [-0.05, 0) is 23.8 Å². The van der Waals surface area contributed by atoms with E-state index in [1.807, 2.05) is 42.5 Å². The number of nitrogens with zero attached hydrogens (tertiary/aromatic N) is 2. The highest BCUT2D eigenvalue weighted by molar-refractivity contribution is 5.93. The van der Waals surface area contributed by atoms with Crippen molar-refractivity contribution in [1.29, 1.82) is 0 Å². The first kappa shape index (κ1) is 14.9. The minimum Gasteiger partial charge on any atom is -0.463 e. The molecule has 0 bridgehead atoms. The molecule has 25 heavy (non-hydrogen) atoms. The molecule has 7 heteroatoms. The fourth-order valence-corrected chi connectivity index (χ4v) is 2.52. The van der Waals surface area contributed by atoms with Crippen LogP contribution in [0.15, 0.2) is 65.4 Å². The summed E-state index contributed by atoms with van der Waals surface area (Å²) in [5.41, 5.74) is 2.25. The Morgan fingerprint density at radius 3 is 2.76 bits per heavy atom. The number of furan rings is 1. The Kier molecular flexibility index (Phi) is 3.88. The fourth-order valence-electron chi connectivity index (χ4n) is 2.52. The van der Waals surface area contributed by atoms with Crippen molar-refractivity contribution >= 4 is 23.0 Å². The summed E-state index contributed by atoms with van der Waals surface area (Å²) in [6.07, 6.45) is 3.35. The van der Waals surface area contributed by atoms with Crippen molar-refractivity contribution in [2.24, 2.45) is 0 Å². The number of fused-ring (bicyclic) bond motifs is 1. The summed E-state index contributed by atoms with van der Waals surface area (Å²) in [5.74, 6) is 0.812. The Labute approximate surface area is 143 Å². The molecule has 0 saturated carbocycles. The molecule has 3 aromatic heterocycles. The van der Waals surface area contributed by atoms with Crippen molar-refractivity contribution in [1.82, 2.24) is 20.3 Å². The molecule has 0 aliphatic heterocycles. The minimum absolute atomic E-state index is 0.201. The van der Waals surface area contributed by atoms with E-state index in [-0.39, 0.29) is 12.0 Å². The Bertz CT molecular complexity index is 993. The van der Waals surface area contributed by atoms with Crippen LogP contribution >= 0.6 is 0 Å². The number of amides is 2. The van der Waals surface area contributed by atoms with Crippen LogP contribution in [-0.4, -0.2) is 21.0 Å². The van der Waals surface area contributed by atoms with Crippen molar-refractivity contribution in [2.75, 3.05) is 5.32 Å². The minimum atomic E-state index is -0.375. The van der Waals surface area contributed by atoms with Crippen LogP contribution in [0.5, 0.6) is 0 Å². The van der Waals surface area contributed by atoms with Crippen LogP contribution in [0.3, 0.4) is 0 Å². The van der Waals surface area contributed by atoms with E-state index in [9.17, 15) is 4.79 Å². The number of aromatic amines is 1. The highest BCUT2D eigenvalue weighted by Gasteiger charge is 2.14. The third kappa shape index (κ3) is 3.20. The maximum absolute atomic E-state index is 12.1. The second-order valence-corrected chi connectivity index (χ2v) is 5.41. The van der Waals surface area contributed by atoms with E-state index < -0.39 is 0 Å². The van der Waals surface area contributed by atoms with Crippen LogP contribution in [0.2, 0.25) is 0 Å². The second kappa shape index (κ2) is 6.48. The van der Waals surface area contributed by atoms with Gasteiger partial charge in [0.15, 0.2) is 5.76 Å². The predicted molar refractivity (Wildman–Crippen MR) is 93.9 cm³/mol. The molecule has 0 fully saturated rings. The molecule has 0 unspecified atom stereocenters. The van der Waals surface area contributed by atoms with Gasteiger partial charge in [0.25, 0.3) is 0 Å². The van der Waals surface area contributed by atoms with Gasteiger partial charge in [0.05, 0.1) is 6.26 Å². The zero-order valence-corrected chi connectivity index (χ0v) is 13.2. The number of urea groups is 1. The van der Waals surface area contributed by atoms with Crippen LogP contribution < -0.4 is 10.6 Å². The van der Waals surface area contributed by atoms with E-state index in [0.29, 0.717) is 23.6 Å². The van der Waals surface area contributed by atoms with Crippen molar-refractivity contribution in [3.05, 3.63) is 66.6 Å². The summed E-state index contributed by atoms with van der Waals surface area (Å²) in [7, 11) is 0. The first-order chi connectivity index (χ1) is 12.3. The summed E-state index contributed by atoms with van der Waals surface area (Å²) in [4.78, 5) is 23.9. The van der Waals surface area contributed by atoms with Gasteiger partial charge in [-0.2, -0.15) is 4.98 Å². The lowest BCUT2D eigenvalue weighted by molar-refractivity contribution is 0.251. The first-order valence-electron chi connectivity index (χ1n) is 7.77. The number of hydrogen-bond donors (Lipinski definition) is 3. The van der Waals surface area contributed by atoms with Crippen molar-refractivity contribution in [3.8, 4) is 11.5 Å². The van der Waals surface area contributed by atoms with Gasteiger partial charge in [0.1, 0.15) is 11.3 Å². The van der Waals surface area contributed by atoms with E-state index in [0.717, 1.165) is 10.9 Å². The molecule has 4 aromatic rings. The van der Waals surface area contributed by atoms with Gasteiger partial charge in [-0.1, -0.05) is 30.3 Å². The standard InChI is InChI=1S/C18H15N5O2/c24-18(20-11-12-5-2-1-3-6-12)23-17-21-15(14-7-4-10-25-14)13-8-9-19-16(13)22-17/h1-10H,11H2,(H3,19,20,21,22,23,24). The monoisotopic (exact) mass is 333 g/mol. The normalized spacial score (nSPS) is 10.7. The summed E-state index contributed by atoms with van der Waals surface area (Å²) < 4.78 is 5.43. The molecule has 0 radical (unpaired) electrons. The van der Waals surface area contributed by atoms with Crippen LogP contribution in [0.1, 0.15) is 5.56 Å². The molecule has 0 atom stereocenters. The van der Waals surface area contributed by atoms with Crippen molar-refractivity contribution < 1.29 is 9.21 Å². The number of hydrogen-bond acceptors (Lipinski definition) is 4. The Hall–Kier alpha value is -3.61. The van der Waals surface area contributed by atoms with E-state index in [4.69, 9.17) is 4.42 Å². The van der Waals surface area contributed by atoms with E-state index in [2.05, 4.69) is 25.6 Å². The van der Waals surface area contributed by atoms with Gasteiger partial charge < -0.3 is 14.7 Å². The van der Waals surface area contributed by atoms with Crippen LogP contribution in [0, 0.1) is 0 Å². The smallest absolute Gasteiger partial charge is 0.321 e. The molecule has 2 amide bonds. The SMILES string of the molecule is O=C(NCc1ccccc1)Nc1nc(-c2ccco2)c2cc[nH]c2n1. The molecule has 0 spiro atoms. The zero-order chi connectivity index (χ0) is 17.1. The highest BCUT2D eigenvalue weighted by Crippen LogP contribution is 2.26. The molecule has 3 heterocycles. The zero-order valence-electron chi connectivity index (χ0n) is 13.2. The summed E-state index contributed by atoms with van der Waals surface area (Å²) in [6.45, 7) is 0.419. The van der Waals surface area contributed by atoms with Gasteiger partial charge in [-0.25, -0.2) is 9.78 Å². The predicted octanol–water partition coefficient (Wildman–Crippen LogP) is 3.54. The molecule has 1 aromatic carbocycles. The number of H-pyrrole nitrogens is 1. The van der Waals surface area contributed by atoms with Gasteiger partial charge in [-0.15, -0.1) is 0 Å². The molecule has 0 saturated heterocycles. The fraction of sp³-hybridized carbons (Fsp3) is 0.0556. The van der Waals surface area contributed by atoms with Gasteiger partial charge in [-0.3, -0.25) is 5.32 Å². The number of anilines is 1. The highest BCUT2D eigenvalue weighted by atomic mass is 16.3. The third-order valence-corrected chi connectivity index (χ3v) is 3.69. The summed E-state index contributed by atoms with van der Waals surface area (Å²) in [6, 6.07) is 14.8. The van der Waals surface area contributed by atoms with E-state index in [1.54, 1.807) is 18.5 Å². The maximum atomic E-state index is 12.1. The largest absolute Gasteiger partial charge is 0.463 e. The van der Waals surface area contributed by atoms with E-state index in [1.165, 1.54) is 0 Å². The third-order valence-electron chi connectivity index (χ3n) is 3.69. The average Bonchev–Trinajstić information content (AvgIpc) is 3.32. The number of nitrogens with one attached hydrogen (secondary N) is 3. The second-order valence-electron chi connectivity index (χ2n) is 5.41. The summed E-state index contributed by atoms with van der Waals surface area (Å²) >= 11 is 0. The molecule has 4 rings (SSSR count). The number of carbonyl (C=O) groups excluding carboxylic acids is 1. The molecule has 0 aliphatic carbocycles. The topological polar surface area (TPSA) is 95.8 Å². The molecular formula is C18H15N5O2. The number of carbonyl (C=O) groups is 1. The molecule has 124 valence electrons. The van der Waals surface area contributed by atoms with Crippen LogP contribution in [0.4, 0.5) is 10.7 Å². The van der Waals surface area contributed by atoms with Crippen molar-refractivity contribution in [3.63, 3.8) is 0 Å². The Morgan fingerprint density at radius 1 is 1.08 bits per heavy atom.